The summed E-state index contributed by atoms with van der Waals surface area (Å²) in [5.41, 5.74) is 1.18. The van der Waals surface area contributed by atoms with E-state index in [9.17, 15) is 9.59 Å². The molecule has 132 valence electrons. The Morgan fingerprint density at radius 2 is 2.00 bits per heavy atom. The normalized spacial score (nSPS) is 17.8. The SMILES string of the molecule is CCC1CCCCN1C(=O)c1cccc(C(=O)NCCC(C)C)c1. The van der Waals surface area contributed by atoms with Crippen LogP contribution in [0.15, 0.2) is 24.3 Å². The van der Waals surface area contributed by atoms with Crippen molar-refractivity contribution in [1.29, 1.82) is 0 Å². The zero-order valence-corrected chi connectivity index (χ0v) is 15.2. The van der Waals surface area contributed by atoms with Gasteiger partial charge in [0.25, 0.3) is 11.8 Å². The van der Waals surface area contributed by atoms with Gasteiger partial charge in [-0.3, -0.25) is 9.59 Å². The Morgan fingerprint density at radius 1 is 1.25 bits per heavy atom. The molecule has 1 atom stereocenters. The van der Waals surface area contributed by atoms with Gasteiger partial charge in [-0.05, 0) is 56.2 Å². The van der Waals surface area contributed by atoms with Gasteiger partial charge in [-0.2, -0.15) is 0 Å². The topological polar surface area (TPSA) is 49.4 Å². The van der Waals surface area contributed by atoms with Crippen molar-refractivity contribution in [2.75, 3.05) is 13.1 Å². The van der Waals surface area contributed by atoms with Crippen molar-refractivity contribution in [3.63, 3.8) is 0 Å². The standard InChI is InChI=1S/C20H30N2O2/c1-4-18-10-5-6-13-22(18)20(24)17-9-7-8-16(14-17)19(23)21-12-11-15(2)3/h7-9,14-15,18H,4-6,10-13H2,1-3H3,(H,21,23). The zero-order chi connectivity index (χ0) is 17.5. The van der Waals surface area contributed by atoms with E-state index < -0.39 is 0 Å². The Bertz CT molecular complexity index is 569. The fraction of sp³-hybridized carbons (Fsp3) is 0.600. The molecule has 1 aromatic rings. The molecule has 0 radical (unpaired) electrons. The second-order valence-corrected chi connectivity index (χ2v) is 7.08. The van der Waals surface area contributed by atoms with Crippen LogP contribution in [0.4, 0.5) is 0 Å². The minimum absolute atomic E-state index is 0.0541. The van der Waals surface area contributed by atoms with Gasteiger partial charge in [0.2, 0.25) is 0 Å². The van der Waals surface area contributed by atoms with Gasteiger partial charge in [0.1, 0.15) is 0 Å². The number of carbonyl (C=O) groups excluding carboxylic acids is 2. The summed E-state index contributed by atoms with van der Waals surface area (Å²) in [4.78, 5) is 27.1. The molecule has 1 fully saturated rings. The number of hydrogen-bond acceptors (Lipinski definition) is 2. The Morgan fingerprint density at radius 3 is 2.71 bits per heavy atom. The Kier molecular flexibility index (Phi) is 6.83. The molecule has 1 saturated heterocycles. The number of rotatable bonds is 6. The Hall–Kier alpha value is -1.84. The third-order valence-corrected chi connectivity index (χ3v) is 4.74. The van der Waals surface area contributed by atoms with Crippen LogP contribution in [0.25, 0.3) is 0 Å². The lowest BCUT2D eigenvalue weighted by Gasteiger charge is -2.35. The average molecular weight is 330 g/mol. The van der Waals surface area contributed by atoms with Crippen LogP contribution >= 0.6 is 0 Å². The summed E-state index contributed by atoms with van der Waals surface area (Å²) in [5, 5.41) is 2.93. The number of piperidine rings is 1. The third kappa shape index (κ3) is 4.83. The van der Waals surface area contributed by atoms with Crippen molar-refractivity contribution in [3.8, 4) is 0 Å². The molecular weight excluding hydrogens is 300 g/mol. The van der Waals surface area contributed by atoms with Crippen molar-refractivity contribution < 1.29 is 9.59 Å². The van der Waals surface area contributed by atoms with Crippen LogP contribution < -0.4 is 5.32 Å². The van der Waals surface area contributed by atoms with Gasteiger partial charge >= 0.3 is 0 Å². The number of amides is 2. The second kappa shape index (κ2) is 8.86. The molecule has 1 unspecified atom stereocenters. The quantitative estimate of drug-likeness (QED) is 0.861. The first-order valence-electron chi connectivity index (χ1n) is 9.22. The molecule has 1 aliphatic heterocycles. The smallest absolute Gasteiger partial charge is 0.254 e. The van der Waals surface area contributed by atoms with Crippen molar-refractivity contribution >= 4 is 11.8 Å². The number of likely N-dealkylation sites (tertiary alicyclic amines) is 1. The van der Waals surface area contributed by atoms with E-state index in [1.54, 1.807) is 18.2 Å². The molecule has 4 nitrogen and oxygen atoms in total. The maximum absolute atomic E-state index is 12.8. The molecule has 0 saturated carbocycles. The monoisotopic (exact) mass is 330 g/mol. The van der Waals surface area contributed by atoms with E-state index in [1.807, 2.05) is 11.0 Å². The van der Waals surface area contributed by atoms with Gasteiger partial charge in [0.15, 0.2) is 0 Å². The summed E-state index contributed by atoms with van der Waals surface area (Å²) in [6.45, 7) is 7.89. The summed E-state index contributed by atoms with van der Waals surface area (Å²) < 4.78 is 0. The molecule has 24 heavy (non-hydrogen) atoms. The van der Waals surface area contributed by atoms with E-state index in [1.165, 1.54) is 6.42 Å². The van der Waals surface area contributed by atoms with Crippen molar-refractivity contribution in [3.05, 3.63) is 35.4 Å². The number of nitrogens with one attached hydrogen (secondary N) is 1. The maximum atomic E-state index is 12.8. The average Bonchev–Trinajstić information content (AvgIpc) is 2.60. The molecule has 0 spiro atoms. The van der Waals surface area contributed by atoms with Crippen molar-refractivity contribution in [2.24, 2.45) is 5.92 Å². The van der Waals surface area contributed by atoms with Crippen molar-refractivity contribution in [2.45, 2.75) is 58.9 Å². The van der Waals surface area contributed by atoms with Crippen LogP contribution in [0.2, 0.25) is 0 Å². The van der Waals surface area contributed by atoms with Gasteiger partial charge in [-0.25, -0.2) is 0 Å². The summed E-state index contributed by atoms with van der Waals surface area (Å²) in [6, 6.07) is 7.45. The molecule has 1 N–H and O–H groups in total. The zero-order valence-electron chi connectivity index (χ0n) is 15.2. The predicted molar refractivity (Wildman–Crippen MR) is 97.2 cm³/mol. The second-order valence-electron chi connectivity index (χ2n) is 7.08. The minimum atomic E-state index is -0.101. The molecule has 1 heterocycles. The molecule has 0 bridgehead atoms. The number of benzene rings is 1. The summed E-state index contributed by atoms with van der Waals surface area (Å²) in [5.74, 6) is 0.512. The number of nitrogens with zero attached hydrogens (tertiary/aromatic N) is 1. The third-order valence-electron chi connectivity index (χ3n) is 4.74. The number of hydrogen-bond donors (Lipinski definition) is 1. The molecule has 4 heteroatoms. The van der Waals surface area contributed by atoms with Gasteiger partial charge in [0.05, 0.1) is 0 Å². The molecule has 2 amide bonds. The lowest BCUT2D eigenvalue weighted by Crippen LogP contribution is -2.43. The molecule has 2 rings (SSSR count). The highest BCUT2D eigenvalue weighted by Crippen LogP contribution is 2.22. The fourth-order valence-electron chi connectivity index (χ4n) is 3.23. The molecule has 0 aliphatic carbocycles. The minimum Gasteiger partial charge on any atom is -0.352 e. The Labute approximate surface area is 145 Å². The van der Waals surface area contributed by atoms with Crippen LogP contribution in [0, 0.1) is 5.92 Å². The van der Waals surface area contributed by atoms with E-state index in [4.69, 9.17) is 0 Å². The summed E-state index contributed by atoms with van der Waals surface area (Å²) >= 11 is 0. The summed E-state index contributed by atoms with van der Waals surface area (Å²) in [6.07, 6.45) is 5.28. The fourth-order valence-corrected chi connectivity index (χ4v) is 3.23. The van der Waals surface area contributed by atoms with Gasteiger partial charge < -0.3 is 10.2 Å². The van der Waals surface area contributed by atoms with E-state index in [0.29, 0.717) is 29.6 Å². The summed E-state index contributed by atoms with van der Waals surface area (Å²) in [7, 11) is 0. The maximum Gasteiger partial charge on any atom is 0.254 e. The predicted octanol–water partition coefficient (Wildman–Crippen LogP) is 3.87. The van der Waals surface area contributed by atoms with Gasteiger partial charge in [-0.1, -0.05) is 26.8 Å². The van der Waals surface area contributed by atoms with E-state index >= 15 is 0 Å². The van der Waals surface area contributed by atoms with Crippen LogP contribution in [0.3, 0.4) is 0 Å². The highest BCUT2D eigenvalue weighted by Gasteiger charge is 2.26. The van der Waals surface area contributed by atoms with Gasteiger partial charge in [0, 0.05) is 30.3 Å². The molecule has 1 aromatic carbocycles. The highest BCUT2D eigenvalue weighted by atomic mass is 16.2. The lowest BCUT2D eigenvalue weighted by molar-refractivity contribution is 0.0608. The van der Waals surface area contributed by atoms with Crippen LogP contribution in [-0.4, -0.2) is 35.8 Å². The first-order valence-corrected chi connectivity index (χ1v) is 9.22. The van der Waals surface area contributed by atoms with Crippen LogP contribution in [0.1, 0.15) is 73.6 Å². The van der Waals surface area contributed by atoms with E-state index in [0.717, 1.165) is 32.2 Å². The van der Waals surface area contributed by atoms with Crippen LogP contribution in [0.5, 0.6) is 0 Å². The molecule has 1 aliphatic rings. The van der Waals surface area contributed by atoms with Crippen molar-refractivity contribution in [1.82, 2.24) is 10.2 Å². The molecular formula is C20H30N2O2. The highest BCUT2D eigenvalue weighted by molar-refractivity contribution is 5.99. The first kappa shape index (κ1) is 18.5. The van der Waals surface area contributed by atoms with E-state index in [2.05, 4.69) is 26.1 Å². The van der Waals surface area contributed by atoms with E-state index in [-0.39, 0.29) is 11.8 Å². The lowest BCUT2D eigenvalue weighted by atomic mass is 9.98. The largest absolute Gasteiger partial charge is 0.352 e. The van der Waals surface area contributed by atoms with Gasteiger partial charge in [-0.15, -0.1) is 0 Å². The molecule has 0 aromatic heterocycles. The van der Waals surface area contributed by atoms with Crippen LogP contribution in [-0.2, 0) is 0 Å². The first-order chi connectivity index (χ1) is 11.5. The Balaban J connectivity index is 2.06. The number of carbonyl (C=O) groups is 2.